The predicted octanol–water partition coefficient (Wildman–Crippen LogP) is 4.08. The van der Waals surface area contributed by atoms with E-state index in [4.69, 9.17) is 11.6 Å². The molecule has 0 aliphatic carbocycles. The van der Waals surface area contributed by atoms with Crippen LogP contribution in [0.2, 0.25) is 5.15 Å². The summed E-state index contributed by atoms with van der Waals surface area (Å²) in [6.45, 7) is 2.17. The van der Waals surface area contributed by atoms with Crippen molar-refractivity contribution in [2.24, 2.45) is 0 Å². The number of aryl methyl sites for hydroxylation is 3. The van der Waals surface area contributed by atoms with Crippen LogP contribution in [0.15, 0.2) is 42.6 Å². The minimum absolute atomic E-state index is 0.557. The molecule has 2 heteroatoms. The number of hydrogen-bond acceptors (Lipinski definition) is 1. The van der Waals surface area contributed by atoms with E-state index in [0.29, 0.717) is 5.15 Å². The molecule has 0 unspecified atom stereocenters. The SMILES string of the molecule is CCc1ccc(CCc2ccc(Cl)nc2)cc1. The van der Waals surface area contributed by atoms with Gasteiger partial charge in [0.1, 0.15) is 5.15 Å². The number of rotatable bonds is 4. The van der Waals surface area contributed by atoms with E-state index in [1.165, 1.54) is 16.7 Å². The molecule has 0 aliphatic heterocycles. The summed E-state index contributed by atoms with van der Waals surface area (Å²) >= 11 is 5.75. The number of pyridine rings is 1. The van der Waals surface area contributed by atoms with Crippen LogP contribution in [-0.2, 0) is 19.3 Å². The lowest BCUT2D eigenvalue weighted by Gasteiger charge is -2.03. The molecule has 0 aliphatic rings. The Morgan fingerprint density at radius 2 is 1.47 bits per heavy atom. The Labute approximate surface area is 107 Å². The maximum absolute atomic E-state index is 5.75. The third kappa shape index (κ3) is 3.57. The molecule has 1 aromatic heterocycles. The van der Waals surface area contributed by atoms with Crippen LogP contribution in [0.5, 0.6) is 0 Å². The molecule has 1 aromatic carbocycles. The molecule has 88 valence electrons. The molecule has 1 nitrogen and oxygen atoms in total. The van der Waals surface area contributed by atoms with Crippen LogP contribution >= 0.6 is 11.6 Å². The second-order valence-electron chi connectivity index (χ2n) is 4.16. The van der Waals surface area contributed by atoms with Crippen LogP contribution in [-0.4, -0.2) is 4.98 Å². The minimum atomic E-state index is 0.557. The smallest absolute Gasteiger partial charge is 0.129 e. The molecule has 2 aromatic rings. The van der Waals surface area contributed by atoms with E-state index in [0.717, 1.165) is 19.3 Å². The van der Waals surface area contributed by atoms with Crippen molar-refractivity contribution in [2.75, 3.05) is 0 Å². The van der Waals surface area contributed by atoms with Crippen LogP contribution in [0, 0.1) is 0 Å². The summed E-state index contributed by atoms with van der Waals surface area (Å²) in [5.74, 6) is 0. The van der Waals surface area contributed by atoms with Crippen molar-refractivity contribution in [2.45, 2.75) is 26.2 Å². The van der Waals surface area contributed by atoms with Gasteiger partial charge < -0.3 is 0 Å². The lowest BCUT2D eigenvalue weighted by Crippen LogP contribution is -1.92. The maximum atomic E-state index is 5.75. The van der Waals surface area contributed by atoms with Gasteiger partial charge in [-0.3, -0.25) is 0 Å². The first kappa shape index (κ1) is 12.1. The third-order valence-corrected chi connectivity index (χ3v) is 3.15. The molecule has 0 amide bonds. The topological polar surface area (TPSA) is 12.9 Å². The number of halogens is 1. The fourth-order valence-electron chi connectivity index (χ4n) is 1.78. The Morgan fingerprint density at radius 3 is 2.06 bits per heavy atom. The van der Waals surface area contributed by atoms with Crippen molar-refractivity contribution in [3.63, 3.8) is 0 Å². The van der Waals surface area contributed by atoms with E-state index in [-0.39, 0.29) is 0 Å². The predicted molar refractivity (Wildman–Crippen MR) is 72.5 cm³/mol. The summed E-state index contributed by atoms with van der Waals surface area (Å²) in [6.07, 6.45) is 5.01. The van der Waals surface area contributed by atoms with Gasteiger partial charge >= 0.3 is 0 Å². The van der Waals surface area contributed by atoms with Gasteiger partial charge in [0, 0.05) is 6.20 Å². The van der Waals surface area contributed by atoms with E-state index in [2.05, 4.69) is 36.2 Å². The summed E-state index contributed by atoms with van der Waals surface area (Å²) < 4.78 is 0. The maximum Gasteiger partial charge on any atom is 0.129 e. The Hall–Kier alpha value is -1.34. The molecule has 0 saturated carbocycles. The Bertz CT molecular complexity index is 459. The molecule has 1 heterocycles. The molecule has 0 radical (unpaired) electrons. The summed E-state index contributed by atoms with van der Waals surface area (Å²) in [7, 11) is 0. The van der Waals surface area contributed by atoms with Crippen molar-refractivity contribution in [3.05, 3.63) is 64.4 Å². The van der Waals surface area contributed by atoms with Crippen molar-refractivity contribution in [3.8, 4) is 0 Å². The van der Waals surface area contributed by atoms with Gasteiger partial charge in [0.05, 0.1) is 0 Å². The fraction of sp³-hybridized carbons (Fsp3) is 0.267. The molecule has 0 saturated heterocycles. The highest BCUT2D eigenvalue weighted by atomic mass is 35.5. The number of nitrogens with zero attached hydrogens (tertiary/aromatic N) is 1. The van der Waals surface area contributed by atoms with Crippen LogP contribution in [0.4, 0.5) is 0 Å². The van der Waals surface area contributed by atoms with E-state index < -0.39 is 0 Å². The first-order valence-electron chi connectivity index (χ1n) is 5.96. The third-order valence-electron chi connectivity index (χ3n) is 2.92. The molecule has 0 atom stereocenters. The number of aromatic nitrogens is 1. The van der Waals surface area contributed by atoms with Gasteiger partial charge in [-0.1, -0.05) is 48.9 Å². The van der Waals surface area contributed by atoms with Crippen molar-refractivity contribution in [1.82, 2.24) is 4.98 Å². The summed E-state index contributed by atoms with van der Waals surface area (Å²) in [5.41, 5.74) is 3.99. The Morgan fingerprint density at radius 1 is 0.882 bits per heavy atom. The normalized spacial score (nSPS) is 10.5. The van der Waals surface area contributed by atoms with Gasteiger partial charge in [-0.2, -0.15) is 0 Å². The highest BCUT2D eigenvalue weighted by Gasteiger charge is 1.97. The van der Waals surface area contributed by atoms with E-state index in [1.807, 2.05) is 18.3 Å². The van der Waals surface area contributed by atoms with E-state index in [9.17, 15) is 0 Å². The second kappa shape index (κ2) is 5.83. The van der Waals surface area contributed by atoms with Crippen molar-refractivity contribution >= 4 is 11.6 Å². The summed E-state index contributed by atoms with van der Waals surface area (Å²) in [6, 6.07) is 12.7. The first-order valence-corrected chi connectivity index (χ1v) is 6.34. The van der Waals surface area contributed by atoms with Gasteiger partial charge in [0.25, 0.3) is 0 Å². The van der Waals surface area contributed by atoms with E-state index in [1.54, 1.807) is 0 Å². The van der Waals surface area contributed by atoms with Gasteiger partial charge in [0.15, 0.2) is 0 Å². The number of hydrogen-bond donors (Lipinski definition) is 0. The van der Waals surface area contributed by atoms with Gasteiger partial charge in [0.2, 0.25) is 0 Å². The summed E-state index contributed by atoms with van der Waals surface area (Å²) in [4.78, 5) is 4.08. The standard InChI is InChI=1S/C15H16ClN/c1-2-12-3-5-13(6-4-12)7-8-14-9-10-15(16)17-11-14/h3-6,9-11H,2,7-8H2,1H3. The van der Waals surface area contributed by atoms with Crippen LogP contribution in [0.3, 0.4) is 0 Å². The fourth-order valence-corrected chi connectivity index (χ4v) is 1.90. The van der Waals surface area contributed by atoms with Crippen molar-refractivity contribution in [1.29, 1.82) is 0 Å². The average molecular weight is 246 g/mol. The zero-order chi connectivity index (χ0) is 12.1. The second-order valence-corrected chi connectivity index (χ2v) is 4.55. The Balaban J connectivity index is 1.95. The van der Waals surface area contributed by atoms with Gasteiger partial charge in [-0.25, -0.2) is 4.98 Å². The minimum Gasteiger partial charge on any atom is -0.244 e. The monoisotopic (exact) mass is 245 g/mol. The molecular formula is C15H16ClN. The Kier molecular flexibility index (Phi) is 4.16. The molecule has 0 fully saturated rings. The quantitative estimate of drug-likeness (QED) is 0.740. The van der Waals surface area contributed by atoms with Crippen LogP contribution < -0.4 is 0 Å². The van der Waals surface area contributed by atoms with E-state index >= 15 is 0 Å². The summed E-state index contributed by atoms with van der Waals surface area (Å²) in [5, 5.41) is 0.557. The van der Waals surface area contributed by atoms with Gasteiger partial charge in [-0.05, 0) is 42.0 Å². The average Bonchev–Trinajstić information content (AvgIpc) is 2.39. The molecule has 0 spiro atoms. The zero-order valence-corrected chi connectivity index (χ0v) is 10.7. The van der Waals surface area contributed by atoms with Crippen LogP contribution in [0.25, 0.3) is 0 Å². The van der Waals surface area contributed by atoms with Crippen molar-refractivity contribution < 1.29 is 0 Å². The molecule has 2 rings (SSSR count). The zero-order valence-electron chi connectivity index (χ0n) is 9.99. The molecule has 0 bridgehead atoms. The highest BCUT2D eigenvalue weighted by Crippen LogP contribution is 2.10. The van der Waals surface area contributed by atoms with Crippen LogP contribution in [0.1, 0.15) is 23.6 Å². The molecule has 0 N–H and O–H groups in total. The largest absolute Gasteiger partial charge is 0.244 e. The first-order chi connectivity index (χ1) is 8.28. The number of benzene rings is 1. The molecular weight excluding hydrogens is 230 g/mol. The lowest BCUT2D eigenvalue weighted by molar-refractivity contribution is 0.947. The molecule has 17 heavy (non-hydrogen) atoms. The highest BCUT2D eigenvalue weighted by molar-refractivity contribution is 6.29. The van der Waals surface area contributed by atoms with Gasteiger partial charge in [-0.15, -0.1) is 0 Å². The lowest BCUT2D eigenvalue weighted by atomic mass is 10.0.